The summed E-state index contributed by atoms with van der Waals surface area (Å²) in [6.45, 7) is -0.00663. The Balaban J connectivity index is 1.66. The number of hydrogen-bond acceptors (Lipinski definition) is 5. The van der Waals surface area contributed by atoms with Crippen LogP contribution in [0.5, 0.6) is 0 Å². The summed E-state index contributed by atoms with van der Waals surface area (Å²) in [5.41, 5.74) is 1.40. The van der Waals surface area contributed by atoms with E-state index in [2.05, 4.69) is 5.32 Å². The average Bonchev–Trinajstić information content (AvgIpc) is 3.48. The number of fused-ring (bicyclic) bond motifs is 1. The minimum Gasteiger partial charge on any atom is -0.480 e. The Kier molecular flexibility index (Phi) is 7.35. The number of anilines is 2. The van der Waals surface area contributed by atoms with Crippen LogP contribution in [-0.4, -0.2) is 69.1 Å². The number of carbonyl (C=O) groups is 3. The molecule has 0 saturated carbocycles. The smallest absolute Gasteiger partial charge is 0.325 e. The summed E-state index contributed by atoms with van der Waals surface area (Å²) in [4.78, 5) is 39.9. The molecule has 2 N–H and O–H groups in total. The van der Waals surface area contributed by atoms with Gasteiger partial charge in [0.15, 0.2) is 0 Å². The molecule has 0 radical (unpaired) electrons. The van der Waals surface area contributed by atoms with E-state index in [0.29, 0.717) is 37.2 Å². The molecule has 192 valence electrons. The normalized spacial score (nSPS) is 17.1. The fraction of sp³-hybridized carbons (Fsp3) is 0.348. The van der Waals surface area contributed by atoms with Crippen molar-refractivity contribution < 1.29 is 27.9 Å². The number of hydrogen-bond donors (Lipinski definition) is 2. The lowest BCUT2D eigenvalue weighted by atomic mass is 10.1. The second-order valence-corrected chi connectivity index (χ2v) is 11.2. The van der Waals surface area contributed by atoms with E-state index in [9.17, 15) is 27.9 Å². The van der Waals surface area contributed by atoms with Gasteiger partial charge in [-0.25, -0.2) is 13.2 Å². The van der Waals surface area contributed by atoms with Crippen LogP contribution in [0.1, 0.15) is 18.4 Å². The number of likely N-dealkylation sites (tertiary alicyclic amines) is 1. The van der Waals surface area contributed by atoms with E-state index in [1.54, 1.807) is 21.9 Å². The van der Waals surface area contributed by atoms with Crippen molar-refractivity contribution in [1.29, 1.82) is 0 Å². The molecule has 2 aliphatic heterocycles. The molecule has 0 aromatic heterocycles. The number of urea groups is 1. The van der Waals surface area contributed by atoms with E-state index >= 15 is 0 Å². The number of sulfonamides is 1. The summed E-state index contributed by atoms with van der Waals surface area (Å²) in [5, 5.41) is 12.2. The van der Waals surface area contributed by atoms with Crippen LogP contribution >= 0.6 is 23.2 Å². The quantitative estimate of drug-likeness (QED) is 0.565. The van der Waals surface area contributed by atoms with Crippen molar-refractivity contribution in [3.8, 4) is 0 Å². The molecule has 1 atom stereocenters. The second kappa shape index (κ2) is 10.2. The van der Waals surface area contributed by atoms with Gasteiger partial charge >= 0.3 is 12.0 Å². The van der Waals surface area contributed by atoms with Gasteiger partial charge in [0.25, 0.3) is 10.0 Å². The lowest BCUT2D eigenvalue weighted by Gasteiger charge is -2.29. The van der Waals surface area contributed by atoms with Crippen LogP contribution in [0, 0.1) is 0 Å². The number of likely N-dealkylation sites (N-methyl/N-ethyl adjacent to an activating group) is 1. The van der Waals surface area contributed by atoms with Gasteiger partial charge in [-0.1, -0.05) is 23.2 Å². The zero-order valence-electron chi connectivity index (χ0n) is 19.3. The van der Waals surface area contributed by atoms with Crippen LogP contribution in [0.3, 0.4) is 0 Å². The van der Waals surface area contributed by atoms with Gasteiger partial charge < -0.3 is 15.3 Å². The predicted octanol–water partition coefficient (Wildman–Crippen LogP) is 2.97. The summed E-state index contributed by atoms with van der Waals surface area (Å²) in [7, 11) is -2.79. The zero-order valence-corrected chi connectivity index (χ0v) is 21.6. The van der Waals surface area contributed by atoms with Crippen molar-refractivity contribution in [2.45, 2.75) is 30.2 Å². The van der Waals surface area contributed by atoms with Gasteiger partial charge in [-0.3, -0.25) is 18.8 Å². The number of nitrogens with one attached hydrogen (secondary N) is 1. The lowest BCUT2D eigenvalue weighted by molar-refractivity contribution is -0.135. The molecule has 0 spiro atoms. The largest absolute Gasteiger partial charge is 0.480 e. The van der Waals surface area contributed by atoms with E-state index in [4.69, 9.17) is 23.2 Å². The van der Waals surface area contributed by atoms with E-state index in [1.807, 2.05) is 0 Å². The molecule has 0 aliphatic carbocycles. The summed E-state index contributed by atoms with van der Waals surface area (Å²) >= 11 is 12.0. The summed E-state index contributed by atoms with van der Waals surface area (Å²) in [6, 6.07) is 7.56. The molecule has 1 fully saturated rings. The molecule has 2 heterocycles. The first-order valence-electron chi connectivity index (χ1n) is 11.2. The van der Waals surface area contributed by atoms with Crippen LogP contribution in [0.4, 0.5) is 16.2 Å². The molecule has 0 bridgehead atoms. The molecule has 2 aromatic carbocycles. The molecule has 2 aromatic rings. The van der Waals surface area contributed by atoms with E-state index < -0.39 is 28.6 Å². The molecule has 3 amide bonds. The second-order valence-electron chi connectivity index (χ2n) is 8.47. The minimum absolute atomic E-state index is 0.0939. The SMILES string of the molecule is CNC(=O)C1CCCN1C(=O)N1CCc2cc(N(CC(=O)O)S(=O)(=O)c3cc(Cl)cc(Cl)c3)ccc21. The predicted molar refractivity (Wildman–Crippen MR) is 135 cm³/mol. The lowest BCUT2D eigenvalue weighted by Crippen LogP contribution is -2.50. The Morgan fingerprint density at radius 2 is 1.81 bits per heavy atom. The molecule has 36 heavy (non-hydrogen) atoms. The van der Waals surface area contributed by atoms with Gasteiger partial charge in [-0.2, -0.15) is 0 Å². The van der Waals surface area contributed by atoms with Crippen molar-refractivity contribution >= 4 is 62.5 Å². The monoisotopic (exact) mass is 554 g/mol. The Hall–Kier alpha value is -3.02. The highest BCUT2D eigenvalue weighted by Gasteiger charge is 2.38. The van der Waals surface area contributed by atoms with Gasteiger partial charge in [-0.15, -0.1) is 0 Å². The molecule has 13 heteroatoms. The molecule has 2 aliphatic rings. The Morgan fingerprint density at radius 3 is 2.44 bits per heavy atom. The van der Waals surface area contributed by atoms with Crippen LogP contribution in [0.25, 0.3) is 0 Å². The van der Waals surface area contributed by atoms with Crippen LogP contribution < -0.4 is 14.5 Å². The van der Waals surface area contributed by atoms with Crippen molar-refractivity contribution in [3.63, 3.8) is 0 Å². The minimum atomic E-state index is -4.32. The number of nitrogens with zero attached hydrogens (tertiary/aromatic N) is 3. The molecule has 10 nitrogen and oxygen atoms in total. The Morgan fingerprint density at radius 1 is 1.11 bits per heavy atom. The van der Waals surface area contributed by atoms with Crippen molar-refractivity contribution in [1.82, 2.24) is 10.2 Å². The fourth-order valence-electron chi connectivity index (χ4n) is 4.57. The van der Waals surface area contributed by atoms with E-state index in [1.165, 1.54) is 31.3 Å². The third-order valence-corrected chi connectivity index (χ3v) is 8.42. The van der Waals surface area contributed by atoms with Gasteiger partial charge in [0, 0.05) is 35.9 Å². The van der Waals surface area contributed by atoms with Crippen molar-refractivity contribution in [2.24, 2.45) is 0 Å². The highest BCUT2D eigenvalue weighted by atomic mass is 35.5. The maximum absolute atomic E-state index is 13.4. The number of halogens is 2. The molecule has 4 rings (SSSR count). The summed E-state index contributed by atoms with van der Waals surface area (Å²) in [6.07, 6.45) is 1.75. The number of rotatable bonds is 6. The van der Waals surface area contributed by atoms with Gasteiger partial charge in [-0.05, 0) is 61.2 Å². The molecular formula is C23H24Cl2N4O6S. The number of amides is 3. The van der Waals surface area contributed by atoms with Gasteiger partial charge in [0.1, 0.15) is 12.6 Å². The fourth-order valence-corrected chi connectivity index (χ4v) is 6.71. The third-order valence-electron chi connectivity index (χ3n) is 6.23. The number of benzene rings is 2. The van der Waals surface area contributed by atoms with Gasteiger partial charge in [0.05, 0.1) is 10.6 Å². The number of carboxylic acids is 1. The average molecular weight is 555 g/mol. The highest BCUT2D eigenvalue weighted by molar-refractivity contribution is 7.92. The third kappa shape index (κ3) is 4.95. The number of carboxylic acid groups (broad SMARTS) is 1. The zero-order chi connectivity index (χ0) is 26.2. The molecule has 1 saturated heterocycles. The maximum atomic E-state index is 13.4. The highest BCUT2D eigenvalue weighted by Crippen LogP contribution is 2.36. The maximum Gasteiger partial charge on any atom is 0.325 e. The van der Waals surface area contributed by atoms with E-state index in [0.717, 1.165) is 10.7 Å². The first-order chi connectivity index (χ1) is 17.0. The Labute approximate surface area is 218 Å². The van der Waals surface area contributed by atoms with Crippen LogP contribution in [0.15, 0.2) is 41.3 Å². The van der Waals surface area contributed by atoms with Crippen molar-refractivity contribution in [2.75, 3.05) is 35.9 Å². The molecule has 1 unspecified atom stereocenters. The number of aliphatic carboxylic acids is 1. The summed E-state index contributed by atoms with van der Waals surface area (Å²) < 4.78 is 27.5. The first-order valence-corrected chi connectivity index (χ1v) is 13.4. The van der Waals surface area contributed by atoms with Crippen molar-refractivity contribution in [3.05, 3.63) is 52.0 Å². The number of carbonyl (C=O) groups excluding carboxylic acids is 2. The topological polar surface area (TPSA) is 127 Å². The summed E-state index contributed by atoms with van der Waals surface area (Å²) in [5.74, 6) is -1.57. The first kappa shape index (κ1) is 26.1. The van der Waals surface area contributed by atoms with E-state index in [-0.39, 0.29) is 32.6 Å². The van der Waals surface area contributed by atoms with Crippen LogP contribution in [-0.2, 0) is 26.0 Å². The standard InChI is InChI=1S/C23H24Cl2N4O6S/c1-26-22(32)20-3-2-7-27(20)23(33)28-8-6-14-9-17(4-5-19(14)28)29(13-21(30)31)36(34,35)18-11-15(24)10-16(25)12-18/h4-5,9-12,20H,2-3,6-8,13H2,1H3,(H,26,32)(H,30,31). The van der Waals surface area contributed by atoms with Gasteiger partial charge in [0.2, 0.25) is 5.91 Å². The Bertz CT molecular complexity index is 1320. The van der Waals surface area contributed by atoms with Crippen LogP contribution in [0.2, 0.25) is 10.0 Å². The molecular weight excluding hydrogens is 531 g/mol.